The summed E-state index contributed by atoms with van der Waals surface area (Å²) in [6, 6.07) is 5.79. The van der Waals surface area contributed by atoms with Gasteiger partial charge in [-0.1, -0.05) is 0 Å². The van der Waals surface area contributed by atoms with E-state index in [0.29, 0.717) is 22.4 Å². The van der Waals surface area contributed by atoms with Crippen molar-refractivity contribution in [3.63, 3.8) is 0 Å². The van der Waals surface area contributed by atoms with Crippen LogP contribution < -0.4 is 10.6 Å². The van der Waals surface area contributed by atoms with E-state index >= 15 is 0 Å². The number of rotatable bonds is 7. The quantitative estimate of drug-likeness (QED) is 0.379. The molecular weight excluding hydrogens is 489 g/mol. The second kappa shape index (κ2) is 9.99. The fraction of sp³-hybridized carbons (Fsp3) is 0.440. The zero-order chi connectivity index (χ0) is 27.0. The van der Waals surface area contributed by atoms with Crippen LogP contribution in [0.2, 0.25) is 0 Å². The molecule has 3 unspecified atom stereocenters. The van der Waals surface area contributed by atoms with Gasteiger partial charge in [-0.15, -0.1) is 0 Å². The molecule has 196 valence electrons. The van der Waals surface area contributed by atoms with Crippen LogP contribution >= 0.6 is 0 Å². The number of alkyl halides is 3. The normalized spacial score (nSPS) is 20.3. The van der Waals surface area contributed by atoms with Gasteiger partial charge in [0.15, 0.2) is 0 Å². The molecule has 3 aromatic heterocycles. The standard InChI is InChI=1S/C25H27F3N6O3/c1-24(2,37)19(26)13-32-23(36)16-12-30-20(34-7-5-15-8-14(10-29)11-31-22(15)34)9-18(16)33-17-4-3-6-25(27,28)21(17)35/h5,7-9,11-12,17,19,21,35,37H,3-4,6,13H2,1-2H3,(H,30,33)(H,32,36). The second-order valence-corrected chi connectivity index (χ2v) is 9.70. The van der Waals surface area contributed by atoms with E-state index in [9.17, 15) is 28.2 Å². The number of amides is 1. The molecule has 4 N–H and O–H groups in total. The second-order valence-electron chi connectivity index (χ2n) is 9.70. The van der Waals surface area contributed by atoms with E-state index in [1.807, 2.05) is 6.07 Å². The summed E-state index contributed by atoms with van der Waals surface area (Å²) < 4.78 is 44.2. The molecule has 1 aliphatic rings. The highest BCUT2D eigenvalue weighted by Crippen LogP contribution is 2.35. The Morgan fingerprint density at radius 3 is 2.81 bits per heavy atom. The van der Waals surface area contributed by atoms with Gasteiger partial charge in [0, 0.05) is 36.5 Å². The minimum atomic E-state index is -3.29. The highest BCUT2D eigenvalue weighted by atomic mass is 19.3. The summed E-state index contributed by atoms with van der Waals surface area (Å²) in [5.41, 5.74) is -0.772. The lowest BCUT2D eigenvalue weighted by atomic mass is 9.89. The van der Waals surface area contributed by atoms with E-state index in [0.717, 1.165) is 0 Å². The zero-order valence-electron chi connectivity index (χ0n) is 20.3. The van der Waals surface area contributed by atoms with Crippen LogP contribution in [0.4, 0.5) is 18.9 Å². The fourth-order valence-electron chi connectivity index (χ4n) is 4.18. The maximum Gasteiger partial charge on any atom is 0.275 e. The Morgan fingerprint density at radius 2 is 2.11 bits per heavy atom. The lowest BCUT2D eigenvalue weighted by Gasteiger charge is -2.35. The number of aromatic nitrogens is 3. The van der Waals surface area contributed by atoms with Crippen LogP contribution in [0.1, 0.15) is 49.0 Å². The SMILES string of the molecule is CC(C)(O)C(F)CNC(=O)c1cnc(-n2ccc3cc(C#N)cnc32)cc1NC1CCCC(F)(F)C1O. The molecule has 1 amide bonds. The van der Waals surface area contributed by atoms with E-state index in [1.165, 1.54) is 32.3 Å². The average Bonchev–Trinajstić information content (AvgIpc) is 3.27. The molecule has 0 spiro atoms. The first-order valence-corrected chi connectivity index (χ1v) is 11.8. The van der Waals surface area contributed by atoms with Gasteiger partial charge in [-0.05, 0) is 38.8 Å². The van der Waals surface area contributed by atoms with Crippen molar-refractivity contribution in [3.05, 3.63) is 47.9 Å². The van der Waals surface area contributed by atoms with Gasteiger partial charge in [-0.3, -0.25) is 9.36 Å². The number of pyridine rings is 2. The van der Waals surface area contributed by atoms with Gasteiger partial charge >= 0.3 is 0 Å². The number of nitrogens with one attached hydrogen (secondary N) is 2. The van der Waals surface area contributed by atoms with Gasteiger partial charge in [0.1, 0.15) is 29.8 Å². The lowest BCUT2D eigenvalue weighted by molar-refractivity contribution is -0.135. The van der Waals surface area contributed by atoms with Crippen molar-refractivity contribution in [3.8, 4) is 11.9 Å². The molecule has 3 aromatic rings. The fourth-order valence-corrected chi connectivity index (χ4v) is 4.18. The third-order valence-electron chi connectivity index (χ3n) is 6.42. The molecule has 3 heterocycles. The van der Waals surface area contributed by atoms with Crippen molar-refractivity contribution in [2.45, 2.75) is 63.0 Å². The zero-order valence-corrected chi connectivity index (χ0v) is 20.3. The number of halogens is 3. The summed E-state index contributed by atoms with van der Waals surface area (Å²) in [6.45, 7) is 2.06. The summed E-state index contributed by atoms with van der Waals surface area (Å²) in [5.74, 6) is -3.73. The smallest absolute Gasteiger partial charge is 0.275 e. The van der Waals surface area contributed by atoms with E-state index < -0.39 is 48.7 Å². The molecule has 1 aliphatic carbocycles. The van der Waals surface area contributed by atoms with Crippen LogP contribution in [0, 0.1) is 11.3 Å². The monoisotopic (exact) mass is 516 g/mol. The molecular formula is C25H27F3N6O3. The molecule has 9 nitrogen and oxygen atoms in total. The lowest BCUT2D eigenvalue weighted by Crippen LogP contribution is -2.50. The van der Waals surface area contributed by atoms with Crippen molar-refractivity contribution < 1.29 is 28.2 Å². The van der Waals surface area contributed by atoms with Gasteiger partial charge in [-0.2, -0.15) is 5.26 Å². The molecule has 0 aromatic carbocycles. The number of fused-ring (bicyclic) bond motifs is 1. The third-order valence-corrected chi connectivity index (χ3v) is 6.42. The van der Waals surface area contributed by atoms with Crippen LogP contribution in [0.25, 0.3) is 16.9 Å². The average molecular weight is 517 g/mol. The van der Waals surface area contributed by atoms with Crippen LogP contribution in [0.15, 0.2) is 36.8 Å². The summed E-state index contributed by atoms with van der Waals surface area (Å²) in [6.07, 6.45) is 0.513. The van der Waals surface area contributed by atoms with Gasteiger partial charge in [-0.25, -0.2) is 23.1 Å². The van der Waals surface area contributed by atoms with Gasteiger partial charge in [0.25, 0.3) is 11.8 Å². The molecule has 4 rings (SSSR count). The first kappa shape index (κ1) is 26.4. The van der Waals surface area contributed by atoms with Gasteiger partial charge < -0.3 is 20.8 Å². The van der Waals surface area contributed by atoms with Crippen LogP contribution in [-0.4, -0.2) is 67.0 Å². The number of nitrogens with zero attached hydrogens (tertiary/aromatic N) is 4. The number of carbonyl (C=O) groups is 1. The number of aliphatic hydroxyl groups is 2. The van der Waals surface area contributed by atoms with Gasteiger partial charge in [0.2, 0.25) is 0 Å². The number of nitriles is 1. The molecule has 0 aliphatic heterocycles. The van der Waals surface area contributed by atoms with Crippen LogP contribution in [0.3, 0.4) is 0 Å². The summed E-state index contributed by atoms with van der Waals surface area (Å²) in [7, 11) is 0. The van der Waals surface area contributed by atoms with Gasteiger partial charge in [0.05, 0.1) is 35.0 Å². The number of anilines is 1. The molecule has 12 heteroatoms. The van der Waals surface area contributed by atoms with Crippen molar-refractivity contribution >= 4 is 22.6 Å². The van der Waals surface area contributed by atoms with Crippen molar-refractivity contribution in [2.24, 2.45) is 0 Å². The largest absolute Gasteiger partial charge is 0.387 e. The van der Waals surface area contributed by atoms with Crippen molar-refractivity contribution in [1.29, 1.82) is 5.26 Å². The van der Waals surface area contributed by atoms with Crippen molar-refractivity contribution in [2.75, 3.05) is 11.9 Å². The maximum absolute atomic E-state index is 14.2. The number of hydrogen-bond acceptors (Lipinski definition) is 7. The molecule has 37 heavy (non-hydrogen) atoms. The molecule has 3 atom stereocenters. The Labute approximate surface area is 211 Å². The summed E-state index contributed by atoms with van der Waals surface area (Å²) in [4.78, 5) is 21.5. The highest BCUT2D eigenvalue weighted by molar-refractivity contribution is 5.99. The first-order valence-electron chi connectivity index (χ1n) is 11.8. The first-order chi connectivity index (χ1) is 17.4. The Balaban J connectivity index is 1.70. The van der Waals surface area contributed by atoms with Crippen LogP contribution in [0.5, 0.6) is 0 Å². The Hall–Kier alpha value is -3.69. The minimum Gasteiger partial charge on any atom is -0.387 e. The maximum atomic E-state index is 14.2. The molecule has 0 radical (unpaired) electrons. The van der Waals surface area contributed by atoms with Crippen LogP contribution in [-0.2, 0) is 0 Å². The Bertz CT molecular complexity index is 1350. The van der Waals surface area contributed by atoms with Crippen molar-refractivity contribution in [1.82, 2.24) is 19.9 Å². The van der Waals surface area contributed by atoms with E-state index in [1.54, 1.807) is 22.9 Å². The number of aliphatic hydroxyl groups excluding tert-OH is 1. The highest BCUT2D eigenvalue weighted by Gasteiger charge is 2.46. The van der Waals surface area contributed by atoms with E-state index in [2.05, 4.69) is 20.6 Å². The Morgan fingerprint density at radius 1 is 1.35 bits per heavy atom. The summed E-state index contributed by atoms with van der Waals surface area (Å²) >= 11 is 0. The summed E-state index contributed by atoms with van der Waals surface area (Å²) in [5, 5.41) is 35.1. The molecule has 0 saturated heterocycles. The third kappa shape index (κ3) is 5.52. The Kier molecular flexibility index (Phi) is 7.12. The van der Waals surface area contributed by atoms with E-state index in [-0.39, 0.29) is 24.1 Å². The number of carbonyl (C=O) groups excluding carboxylic acids is 1. The number of hydrogen-bond donors (Lipinski definition) is 4. The molecule has 1 fully saturated rings. The van der Waals surface area contributed by atoms with E-state index in [4.69, 9.17) is 5.26 Å². The minimum absolute atomic E-state index is 0.0519. The predicted octanol–water partition coefficient (Wildman–Crippen LogP) is 3.09. The molecule has 0 bridgehead atoms. The molecule has 1 saturated carbocycles. The predicted molar refractivity (Wildman–Crippen MR) is 129 cm³/mol. The topological polar surface area (TPSA) is 136 Å².